The molecule has 0 aliphatic rings. The highest BCUT2D eigenvalue weighted by molar-refractivity contribution is 5.85. The average Bonchev–Trinajstić information content (AvgIpc) is 2.60. The Hall–Kier alpha value is -2.30. The van der Waals surface area contributed by atoms with E-state index in [1.807, 2.05) is 0 Å². The predicted octanol–water partition coefficient (Wildman–Crippen LogP) is 0.469. The van der Waals surface area contributed by atoms with E-state index in [-0.39, 0.29) is 11.1 Å². The number of pyridine rings is 1. The molecule has 3 aromatic rings. The van der Waals surface area contributed by atoms with E-state index >= 15 is 0 Å². The second-order valence-corrected chi connectivity index (χ2v) is 3.29. The lowest BCUT2D eigenvalue weighted by Gasteiger charge is -1.93. The van der Waals surface area contributed by atoms with E-state index in [1.54, 1.807) is 35.1 Å². The Balaban J connectivity index is 2.76. The van der Waals surface area contributed by atoms with Crippen LogP contribution in [0, 0.1) is 0 Å². The van der Waals surface area contributed by atoms with Crippen molar-refractivity contribution in [2.45, 2.75) is 0 Å². The molecule has 5 heteroatoms. The van der Waals surface area contributed by atoms with E-state index in [1.165, 1.54) is 0 Å². The highest BCUT2D eigenvalue weighted by atomic mass is 16.1. The van der Waals surface area contributed by atoms with Gasteiger partial charge in [-0.3, -0.25) is 9.59 Å². The minimum absolute atomic E-state index is 0.185. The molecule has 0 bridgehead atoms. The van der Waals surface area contributed by atoms with Crippen LogP contribution in [0.1, 0.15) is 0 Å². The van der Waals surface area contributed by atoms with Crippen molar-refractivity contribution >= 4 is 16.4 Å². The van der Waals surface area contributed by atoms with Crippen LogP contribution in [0.5, 0.6) is 0 Å². The van der Waals surface area contributed by atoms with Gasteiger partial charge in [0.15, 0.2) is 0 Å². The fourth-order valence-electron chi connectivity index (χ4n) is 1.76. The summed E-state index contributed by atoms with van der Waals surface area (Å²) < 4.78 is 1.70. The largest absolute Gasteiger partial charge is 0.328 e. The topological polar surface area (TPSA) is 70.1 Å². The average molecular weight is 201 g/mol. The summed E-state index contributed by atoms with van der Waals surface area (Å²) in [6.07, 6.45) is 4.84. The molecule has 15 heavy (non-hydrogen) atoms. The maximum atomic E-state index is 11.5. The molecule has 0 fully saturated rings. The van der Waals surface area contributed by atoms with Gasteiger partial charge in [-0.05, 0) is 12.1 Å². The first-order valence-corrected chi connectivity index (χ1v) is 4.47. The summed E-state index contributed by atoms with van der Waals surface area (Å²) >= 11 is 0. The van der Waals surface area contributed by atoms with Gasteiger partial charge in [0.1, 0.15) is 5.52 Å². The standard InChI is InChI=1S/C10H7N3O2/c14-9-6-5-8-10(15)12-3-4-13(8)7(6)1-2-11-9/h1-5H,(H,11,14)(H,12,15). The summed E-state index contributed by atoms with van der Waals surface area (Å²) in [4.78, 5) is 28.1. The number of aromatic amines is 2. The first-order valence-electron chi connectivity index (χ1n) is 4.47. The number of fused-ring (bicyclic) bond motifs is 3. The van der Waals surface area contributed by atoms with E-state index in [0.29, 0.717) is 10.9 Å². The van der Waals surface area contributed by atoms with Crippen LogP contribution in [0.15, 0.2) is 40.3 Å². The van der Waals surface area contributed by atoms with Gasteiger partial charge >= 0.3 is 0 Å². The Labute approximate surface area is 83.0 Å². The third-order valence-corrected chi connectivity index (χ3v) is 2.45. The van der Waals surface area contributed by atoms with Gasteiger partial charge in [-0.15, -0.1) is 0 Å². The number of hydrogen-bond acceptors (Lipinski definition) is 2. The molecular formula is C10H7N3O2. The van der Waals surface area contributed by atoms with Crippen LogP contribution < -0.4 is 11.1 Å². The van der Waals surface area contributed by atoms with Crippen molar-refractivity contribution in [2.75, 3.05) is 0 Å². The molecule has 5 nitrogen and oxygen atoms in total. The molecule has 0 unspecified atom stereocenters. The van der Waals surface area contributed by atoms with Crippen molar-refractivity contribution in [1.82, 2.24) is 14.4 Å². The molecule has 3 heterocycles. The Kier molecular flexibility index (Phi) is 1.39. The molecule has 3 aromatic heterocycles. The molecular weight excluding hydrogens is 194 g/mol. The second-order valence-electron chi connectivity index (χ2n) is 3.29. The molecule has 0 amide bonds. The highest BCUT2D eigenvalue weighted by Crippen LogP contribution is 2.12. The molecule has 0 atom stereocenters. The summed E-state index contributed by atoms with van der Waals surface area (Å²) in [5, 5.41) is 0.522. The summed E-state index contributed by atoms with van der Waals surface area (Å²) in [6, 6.07) is 3.36. The zero-order chi connectivity index (χ0) is 10.4. The van der Waals surface area contributed by atoms with Crippen LogP contribution in [-0.4, -0.2) is 14.4 Å². The quantitative estimate of drug-likeness (QED) is 0.555. The minimum Gasteiger partial charge on any atom is -0.328 e. The summed E-state index contributed by atoms with van der Waals surface area (Å²) in [6.45, 7) is 0. The lowest BCUT2D eigenvalue weighted by atomic mass is 10.3. The normalized spacial score (nSPS) is 11.2. The third-order valence-electron chi connectivity index (χ3n) is 2.45. The first-order chi connectivity index (χ1) is 7.27. The number of H-pyrrole nitrogens is 2. The molecule has 0 saturated carbocycles. The Morgan fingerprint density at radius 1 is 1.00 bits per heavy atom. The highest BCUT2D eigenvalue weighted by Gasteiger charge is 2.06. The van der Waals surface area contributed by atoms with Gasteiger partial charge in [-0.2, -0.15) is 0 Å². The van der Waals surface area contributed by atoms with Crippen LogP contribution >= 0.6 is 0 Å². The smallest absolute Gasteiger partial charge is 0.272 e. The number of hydrogen-bond donors (Lipinski definition) is 2. The number of nitrogens with zero attached hydrogens (tertiary/aromatic N) is 1. The fraction of sp³-hybridized carbons (Fsp3) is 0. The van der Waals surface area contributed by atoms with Crippen molar-refractivity contribution < 1.29 is 0 Å². The van der Waals surface area contributed by atoms with Crippen LogP contribution in [0.4, 0.5) is 0 Å². The SMILES string of the molecule is O=c1[nH]ccc2c1cc1c(=O)[nH]ccn12. The van der Waals surface area contributed by atoms with Crippen molar-refractivity contribution in [2.24, 2.45) is 0 Å². The molecule has 0 aromatic carbocycles. The minimum atomic E-state index is -0.201. The maximum absolute atomic E-state index is 11.5. The van der Waals surface area contributed by atoms with E-state index in [4.69, 9.17) is 0 Å². The molecule has 0 aliphatic heterocycles. The molecule has 0 radical (unpaired) electrons. The van der Waals surface area contributed by atoms with E-state index in [2.05, 4.69) is 9.97 Å². The van der Waals surface area contributed by atoms with Gasteiger partial charge in [0.2, 0.25) is 0 Å². The number of rotatable bonds is 0. The molecule has 3 rings (SSSR count). The molecule has 2 N–H and O–H groups in total. The summed E-state index contributed by atoms with van der Waals surface area (Å²) in [5.41, 5.74) is 0.827. The Morgan fingerprint density at radius 2 is 1.80 bits per heavy atom. The van der Waals surface area contributed by atoms with Crippen molar-refractivity contribution in [3.63, 3.8) is 0 Å². The lowest BCUT2D eigenvalue weighted by molar-refractivity contribution is 1.13. The summed E-state index contributed by atoms with van der Waals surface area (Å²) in [7, 11) is 0. The number of aromatic nitrogens is 3. The van der Waals surface area contributed by atoms with Gasteiger partial charge < -0.3 is 14.4 Å². The van der Waals surface area contributed by atoms with Gasteiger partial charge in [0, 0.05) is 18.6 Å². The van der Waals surface area contributed by atoms with Crippen LogP contribution in [0.3, 0.4) is 0 Å². The Morgan fingerprint density at radius 3 is 2.67 bits per heavy atom. The maximum Gasteiger partial charge on any atom is 0.272 e. The van der Waals surface area contributed by atoms with Crippen LogP contribution in [-0.2, 0) is 0 Å². The monoisotopic (exact) mass is 201 g/mol. The third kappa shape index (κ3) is 0.969. The van der Waals surface area contributed by atoms with Gasteiger partial charge in [0.25, 0.3) is 11.1 Å². The van der Waals surface area contributed by atoms with Crippen molar-refractivity contribution in [3.05, 3.63) is 51.4 Å². The van der Waals surface area contributed by atoms with Crippen molar-refractivity contribution in [3.8, 4) is 0 Å². The second kappa shape index (κ2) is 2.60. The molecule has 0 aliphatic carbocycles. The zero-order valence-electron chi connectivity index (χ0n) is 7.65. The van der Waals surface area contributed by atoms with Crippen molar-refractivity contribution in [1.29, 1.82) is 0 Å². The molecule has 0 saturated heterocycles. The fourth-order valence-corrected chi connectivity index (χ4v) is 1.76. The Bertz CT molecular complexity index is 699. The van der Waals surface area contributed by atoms with E-state index in [9.17, 15) is 9.59 Å². The zero-order valence-corrected chi connectivity index (χ0v) is 7.65. The van der Waals surface area contributed by atoms with E-state index in [0.717, 1.165) is 5.52 Å². The number of nitrogens with one attached hydrogen (secondary N) is 2. The van der Waals surface area contributed by atoms with Gasteiger partial charge in [-0.25, -0.2) is 0 Å². The summed E-state index contributed by atoms with van der Waals surface area (Å²) in [5.74, 6) is 0. The van der Waals surface area contributed by atoms with Crippen LogP contribution in [0.2, 0.25) is 0 Å². The predicted molar refractivity (Wildman–Crippen MR) is 56.1 cm³/mol. The van der Waals surface area contributed by atoms with Gasteiger partial charge in [-0.1, -0.05) is 0 Å². The van der Waals surface area contributed by atoms with Crippen LogP contribution in [0.25, 0.3) is 16.4 Å². The molecule has 74 valence electrons. The first kappa shape index (κ1) is 8.05. The van der Waals surface area contributed by atoms with E-state index < -0.39 is 0 Å². The molecule has 0 spiro atoms. The van der Waals surface area contributed by atoms with Gasteiger partial charge in [0.05, 0.1) is 10.9 Å². The lowest BCUT2D eigenvalue weighted by Crippen LogP contribution is -2.06.